The van der Waals surface area contributed by atoms with Crippen molar-refractivity contribution in [3.05, 3.63) is 48.1 Å². The van der Waals surface area contributed by atoms with Crippen LogP contribution in [0.1, 0.15) is 11.5 Å². The number of rotatable bonds is 3. The van der Waals surface area contributed by atoms with Crippen LogP contribution in [0.4, 0.5) is 0 Å². The van der Waals surface area contributed by atoms with Crippen LogP contribution in [0.2, 0.25) is 0 Å². The average Bonchev–Trinajstić information content (AvgIpc) is 3.09. The first-order chi connectivity index (χ1) is 10.3. The second-order valence-corrected chi connectivity index (χ2v) is 5.64. The van der Waals surface area contributed by atoms with Gasteiger partial charge in [0.2, 0.25) is 0 Å². The van der Waals surface area contributed by atoms with E-state index in [9.17, 15) is 0 Å². The van der Waals surface area contributed by atoms with E-state index in [1.54, 1.807) is 18.1 Å². The number of hydrogen-bond donors (Lipinski definition) is 0. The van der Waals surface area contributed by atoms with Gasteiger partial charge in [-0.3, -0.25) is 0 Å². The molecule has 0 unspecified atom stereocenters. The predicted octanol–water partition coefficient (Wildman–Crippen LogP) is 3.96. The first-order valence-corrected chi connectivity index (χ1v) is 7.47. The number of para-hydroxylation sites is 1. The Morgan fingerprint density at radius 2 is 2.10 bits per heavy atom. The SMILES string of the molecule is Cc1cc(CSc2ncnc3c2oc2ccccc23)on1. The van der Waals surface area contributed by atoms with Crippen LogP contribution in [-0.4, -0.2) is 15.1 Å². The Morgan fingerprint density at radius 1 is 1.19 bits per heavy atom. The topological polar surface area (TPSA) is 65.0 Å². The first kappa shape index (κ1) is 12.4. The third-order valence-corrected chi connectivity index (χ3v) is 4.15. The largest absolute Gasteiger partial charge is 0.451 e. The van der Waals surface area contributed by atoms with Crippen molar-refractivity contribution >= 4 is 33.8 Å². The van der Waals surface area contributed by atoms with Gasteiger partial charge in [-0.05, 0) is 19.1 Å². The lowest BCUT2D eigenvalue weighted by Gasteiger charge is -1.98. The fourth-order valence-electron chi connectivity index (χ4n) is 2.23. The molecule has 3 aromatic heterocycles. The molecule has 0 amide bonds. The zero-order chi connectivity index (χ0) is 14.2. The molecule has 5 nitrogen and oxygen atoms in total. The lowest BCUT2D eigenvalue weighted by atomic mass is 10.2. The van der Waals surface area contributed by atoms with E-state index in [2.05, 4.69) is 15.1 Å². The van der Waals surface area contributed by atoms with Crippen molar-refractivity contribution in [1.82, 2.24) is 15.1 Å². The molecule has 3 heterocycles. The van der Waals surface area contributed by atoms with E-state index in [-0.39, 0.29) is 0 Å². The summed E-state index contributed by atoms with van der Waals surface area (Å²) >= 11 is 1.55. The van der Waals surface area contributed by atoms with Gasteiger partial charge in [-0.25, -0.2) is 9.97 Å². The quantitative estimate of drug-likeness (QED) is 0.421. The zero-order valence-corrected chi connectivity index (χ0v) is 12.1. The maximum absolute atomic E-state index is 5.89. The molecular weight excluding hydrogens is 286 g/mol. The molecular formula is C15H11N3O2S. The fraction of sp³-hybridized carbons (Fsp3) is 0.133. The zero-order valence-electron chi connectivity index (χ0n) is 11.2. The Hall–Kier alpha value is -2.34. The molecule has 0 aliphatic rings. The Morgan fingerprint density at radius 3 is 2.95 bits per heavy atom. The number of fused-ring (bicyclic) bond motifs is 3. The number of aryl methyl sites for hydroxylation is 1. The van der Waals surface area contributed by atoms with Crippen LogP contribution in [0.15, 0.2) is 50.6 Å². The average molecular weight is 297 g/mol. The number of furan rings is 1. The Bertz CT molecular complexity index is 929. The maximum atomic E-state index is 5.89. The minimum atomic E-state index is 0.657. The van der Waals surface area contributed by atoms with Gasteiger partial charge in [0, 0.05) is 11.5 Å². The molecule has 0 N–H and O–H groups in total. The van der Waals surface area contributed by atoms with Gasteiger partial charge in [0.15, 0.2) is 5.58 Å². The normalized spacial score (nSPS) is 11.5. The maximum Gasteiger partial charge on any atom is 0.186 e. The van der Waals surface area contributed by atoms with E-state index in [4.69, 9.17) is 8.94 Å². The highest BCUT2D eigenvalue weighted by molar-refractivity contribution is 7.98. The molecule has 0 aliphatic heterocycles. The Balaban J connectivity index is 1.74. The highest BCUT2D eigenvalue weighted by atomic mass is 32.2. The summed E-state index contributed by atoms with van der Waals surface area (Å²) in [6.07, 6.45) is 1.57. The number of aromatic nitrogens is 3. The number of thioether (sulfide) groups is 1. The van der Waals surface area contributed by atoms with Gasteiger partial charge in [0.1, 0.15) is 28.2 Å². The smallest absolute Gasteiger partial charge is 0.186 e. The lowest BCUT2D eigenvalue weighted by Crippen LogP contribution is -1.85. The minimum absolute atomic E-state index is 0.657. The third-order valence-electron chi connectivity index (χ3n) is 3.15. The number of nitrogens with zero attached hydrogens (tertiary/aromatic N) is 3. The molecule has 0 aliphatic carbocycles. The van der Waals surface area contributed by atoms with Crippen molar-refractivity contribution in [3.63, 3.8) is 0 Å². The van der Waals surface area contributed by atoms with Gasteiger partial charge in [0.05, 0.1) is 11.4 Å². The van der Waals surface area contributed by atoms with Crippen molar-refractivity contribution in [3.8, 4) is 0 Å². The number of benzene rings is 1. The van der Waals surface area contributed by atoms with Gasteiger partial charge in [-0.2, -0.15) is 0 Å². The summed E-state index contributed by atoms with van der Waals surface area (Å²) < 4.78 is 11.1. The summed E-state index contributed by atoms with van der Waals surface area (Å²) in [7, 11) is 0. The first-order valence-electron chi connectivity index (χ1n) is 6.48. The van der Waals surface area contributed by atoms with E-state index in [1.807, 2.05) is 37.3 Å². The Labute approximate surface area is 124 Å². The molecule has 0 atom stereocenters. The summed E-state index contributed by atoms with van der Waals surface area (Å²) in [6.45, 7) is 1.90. The molecule has 104 valence electrons. The van der Waals surface area contributed by atoms with Crippen LogP contribution >= 0.6 is 11.8 Å². The van der Waals surface area contributed by atoms with E-state index >= 15 is 0 Å². The summed E-state index contributed by atoms with van der Waals surface area (Å²) in [5.41, 5.74) is 3.27. The summed E-state index contributed by atoms with van der Waals surface area (Å²) in [5, 5.41) is 5.70. The van der Waals surface area contributed by atoms with Gasteiger partial charge in [-0.15, -0.1) is 0 Å². The van der Waals surface area contributed by atoms with E-state index < -0.39 is 0 Å². The van der Waals surface area contributed by atoms with Crippen molar-refractivity contribution in [2.24, 2.45) is 0 Å². The van der Waals surface area contributed by atoms with Crippen LogP contribution < -0.4 is 0 Å². The predicted molar refractivity (Wildman–Crippen MR) is 80.1 cm³/mol. The van der Waals surface area contributed by atoms with Gasteiger partial charge < -0.3 is 8.94 Å². The summed E-state index contributed by atoms with van der Waals surface area (Å²) in [5.74, 6) is 1.48. The minimum Gasteiger partial charge on any atom is -0.451 e. The van der Waals surface area contributed by atoms with Crippen molar-refractivity contribution < 1.29 is 8.94 Å². The van der Waals surface area contributed by atoms with Crippen LogP contribution in [0.3, 0.4) is 0 Å². The Kier molecular flexibility index (Phi) is 2.89. The van der Waals surface area contributed by atoms with Crippen LogP contribution in [0, 0.1) is 6.92 Å². The van der Waals surface area contributed by atoms with E-state index in [1.165, 1.54) is 0 Å². The number of hydrogen-bond acceptors (Lipinski definition) is 6. The molecule has 0 saturated carbocycles. The van der Waals surface area contributed by atoms with E-state index in [0.29, 0.717) is 5.75 Å². The van der Waals surface area contributed by atoms with Gasteiger partial charge >= 0.3 is 0 Å². The van der Waals surface area contributed by atoms with Crippen molar-refractivity contribution in [1.29, 1.82) is 0 Å². The van der Waals surface area contributed by atoms with E-state index in [0.717, 1.165) is 38.5 Å². The highest BCUT2D eigenvalue weighted by Gasteiger charge is 2.13. The molecule has 0 saturated heterocycles. The fourth-order valence-corrected chi connectivity index (χ4v) is 3.04. The molecule has 0 fully saturated rings. The molecule has 0 bridgehead atoms. The third kappa shape index (κ3) is 2.17. The van der Waals surface area contributed by atoms with Crippen LogP contribution in [0.25, 0.3) is 22.1 Å². The van der Waals surface area contributed by atoms with Crippen LogP contribution in [-0.2, 0) is 5.75 Å². The second kappa shape index (κ2) is 4.89. The monoisotopic (exact) mass is 297 g/mol. The molecule has 4 rings (SSSR count). The molecule has 0 radical (unpaired) electrons. The standard InChI is InChI=1S/C15H11N3O2S/c1-9-6-10(20-18-9)7-21-15-14-13(16-8-17-15)11-4-2-3-5-12(11)19-14/h2-6,8H,7H2,1H3. The summed E-state index contributed by atoms with van der Waals surface area (Å²) in [6, 6.07) is 9.78. The lowest BCUT2D eigenvalue weighted by molar-refractivity contribution is 0.391. The molecule has 0 spiro atoms. The van der Waals surface area contributed by atoms with Crippen molar-refractivity contribution in [2.45, 2.75) is 17.7 Å². The summed E-state index contributed by atoms with van der Waals surface area (Å²) in [4.78, 5) is 8.66. The highest BCUT2D eigenvalue weighted by Crippen LogP contribution is 2.33. The van der Waals surface area contributed by atoms with Crippen molar-refractivity contribution in [2.75, 3.05) is 0 Å². The van der Waals surface area contributed by atoms with Gasteiger partial charge in [-0.1, -0.05) is 29.1 Å². The second-order valence-electron chi connectivity index (χ2n) is 4.68. The molecule has 1 aromatic carbocycles. The van der Waals surface area contributed by atoms with Crippen LogP contribution in [0.5, 0.6) is 0 Å². The van der Waals surface area contributed by atoms with Gasteiger partial charge in [0.25, 0.3) is 0 Å². The molecule has 6 heteroatoms. The molecule has 4 aromatic rings. The molecule has 21 heavy (non-hydrogen) atoms.